The van der Waals surface area contributed by atoms with Crippen LogP contribution < -0.4 is 5.32 Å². The van der Waals surface area contributed by atoms with Crippen LogP contribution in [0.3, 0.4) is 0 Å². The summed E-state index contributed by atoms with van der Waals surface area (Å²) >= 11 is 0. The number of nitrogens with zero attached hydrogens (tertiary/aromatic N) is 3. The standard InChI is InChI=1S/C20H20F2N4O3S/c1-20(22,30(28,29)17-4-2-3-14(11-17)12-23)15-7-9-26(10-8-15)19(27)25-16-5-6-18(21)24-13-16/h2-6,11,13,15H,7-10H2,1H3,(H,25,27). The van der Waals surface area contributed by atoms with E-state index < -0.39 is 32.7 Å². The Hall–Kier alpha value is -3.06. The fourth-order valence-electron chi connectivity index (χ4n) is 3.43. The van der Waals surface area contributed by atoms with Gasteiger partial charge in [-0.05, 0) is 50.1 Å². The molecule has 158 valence electrons. The number of piperidine rings is 1. The Morgan fingerprint density at radius 1 is 1.30 bits per heavy atom. The monoisotopic (exact) mass is 434 g/mol. The van der Waals surface area contributed by atoms with Gasteiger partial charge in [0.15, 0.2) is 0 Å². The summed E-state index contributed by atoms with van der Waals surface area (Å²) in [4.78, 5) is 17.0. The largest absolute Gasteiger partial charge is 0.325 e. The van der Waals surface area contributed by atoms with Crippen molar-refractivity contribution in [2.24, 2.45) is 5.92 Å². The van der Waals surface area contributed by atoms with Crippen LogP contribution in [0, 0.1) is 23.2 Å². The molecule has 1 saturated heterocycles. The molecule has 7 nitrogen and oxygen atoms in total. The molecular formula is C20H20F2N4O3S. The van der Waals surface area contributed by atoms with E-state index in [4.69, 9.17) is 5.26 Å². The zero-order valence-electron chi connectivity index (χ0n) is 16.2. The number of pyridine rings is 1. The van der Waals surface area contributed by atoms with Crippen molar-refractivity contribution in [1.29, 1.82) is 5.26 Å². The van der Waals surface area contributed by atoms with Crippen LogP contribution >= 0.6 is 0 Å². The zero-order valence-corrected chi connectivity index (χ0v) is 17.0. The first kappa shape index (κ1) is 21.6. The molecule has 2 amide bonds. The number of anilines is 1. The fraction of sp³-hybridized carbons (Fsp3) is 0.350. The summed E-state index contributed by atoms with van der Waals surface area (Å²) in [6.07, 6.45) is 1.49. The third-order valence-corrected chi connectivity index (χ3v) is 7.55. The van der Waals surface area contributed by atoms with Gasteiger partial charge in [-0.2, -0.15) is 9.65 Å². The summed E-state index contributed by atoms with van der Waals surface area (Å²) in [5, 5.41) is 9.00. The maximum absolute atomic E-state index is 15.6. The van der Waals surface area contributed by atoms with Crippen molar-refractivity contribution >= 4 is 21.6 Å². The zero-order chi connectivity index (χ0) is 21.9. The number of hydrogen-bond donors (Lipinski definition) is 1. The molecule has 10 heteroatoms. The van der Waals surface area contributed by atoms with E-state index in [2.05, 4.69) is 10.3 Å². The van der Waals surface area contributed by atoms with Gasteiger partial charge < -0.3 is 10.2 Å². The van der Waals surface area contributed by atoms with Gasteiger partial charge >= 0.3 is 6.03 Å². The van der Waals surface area contributed by atoms with Crippen LogP contribution in [0.25, 0.3) is 0 Å². The van der Waals surface area contributed by atoms with Crippen molar-refractivity contribution in [3.63, 3.8) is 0 Å². The minimum absolute atomic E-state index is 0.133. The van der Waals surface area contributed by atoms with E-state index in [1.807, 2.05) is 6.07 Å². The topological polar surface area (TPSA) is 103 Å². The number of amides is 2. The van der Waals surface area contributed by atoms with Gasteiger partial charge in [0.05, 0.1) is 28.4 Å². The van der Waals surface area contributed by atoms with Crippen molar-refractivity contribution in [3.8, 4) is 6.07 Å². The average Bonchev–Trinajstić information content (AvgIpc) is 2.75. The molecule has 1 aliphatic rings. The second-order valence-corrected chi connectivity index (χ2v) is 9.47. The Morgan fingerprint density at radius 2 is 2.00 bits per heavy atom. The van der Waals surface area contributed by atoms with E-state index in [1.54, 1.807) is 0 Å². The van der Waals surface area contributed by atoms with E-state index in [0.29, 0.717) is 5.69 Å². The van der Waals surface area contributed by atoms with Crippen molar-refractivity contribution in [1.82, 2.24) is 9.88 Å². The molecule has 1 aromatic heterocycles. The van der Waals surface area contributed by atoms with Gasteiger partial charge in [0.2, 0.25) is 20.8 Å². The summed E-state index contributed by atoms with van der Waals surface area (Å²) in [6.45, 7) is 1.36. The smallest absolute Gasteiger partial charge is 0.321 e. The highest BCUT2D eigenvalue weighted by Gasteiger charge is 2.48. The highest BCUT2D eigenvalue weighted by Crippen LogP contribution is 2.39. The van der Waals surface area contributed by atoms with Crippen LogP contribution in [0.5, 0.6) is 0 Å². The van der Waals surface area contributed by atoms with Crippen molar-refractivity contribution in [2.75, 3.05) is 18.4 Å². The Labute approximate surface area is 173 Å². The molecule has 1 atom stereocenters. The third kappa shape index (κ3) is 4.26. The number of aromatic nitrogens is 1. The lowest BCUT2D eigenvalue weighted by atomic mass is 9.92. The molecule has 0 saturated carbocycles. The van der Waals surface area contributed by atoms with Gasteiger partial charge in [0.25, 0.3) is 0 Å². The number of sulfone groups is 1. The molecule has 2 aromatic rings. The third-order valence-electron chi connectivity index (χ3n) is 5.29. The number of carbonyl (C=O) groups is 1. The van der Waals surface area contributed by atoms with Crippen LogP contribution in [0.4, 0.5) is 19.3 Å². The van der Waals surface area contributed by atoms with Crippen LogP contribution in [0.2, 0.25) is 0 Å². The number of nitrogens with one attached hydrogen (secondary N) is 1. The highest BCUT2D eigenvalue weighted by atomic mass is 32.2. The van der Waals surface area contributed by atoms with E-state index in [0.717, 1.165) is 19.1 Å². The quantitative estimate of drug-likeness (QED) is 0.742. The molecule has 1 fully saturated rings. The van der Waals surface area contributed by atoms with Gasteiger partial charge in [0, 0.05) is 19.0 Å². The molecule has 1 aliphatic heterocycles. The average molecular weight is 434 g/mol. The van der Waals surface area contributed by atoms with E-state index in [-0.39, 0.29) is 36.4 Å². The molecule has 2 heterocycles. The molecule has 1 N–H and O–H groups in total. The fourth-order valence-corrected chi connectivity index (χ4v) is 5.11. The van der Waals surface area contributed by atoms with E-state index in [9.17, 15) is 17.6 Å². The van der Waals surface area contributed by atoms with Crippen LogP contribution in [0.15, 0.2) is 47.5 Å². The predicted octanol–water partition coefficient (Wildman–Crippen LogP) is 3.50. The molecule has 3 rings (SSSR count). The number of carbonyl (C=O) groups excluding carboxylic acids is 1. The first-order valence-electron chi connectivity index (χ1n) is 9.26. The number of alkyl halides is 1. The normalized spacial score (nSPS) is 17.1. The second kappa shape index (κ2) is 8.36. The Bertz CT molecular complexity index is 1070. The molecule has 0 spiro atoms. The van der Waals surface area contributed by atoms with Gasteiger partial charge in [-0.3, -0.25) is 0 Å². The predicted molar refractivity (Wildman–Crippen MR) is 105 cm³/mol. The first-order valence-corrected chi connectivity index (χ1v) is 10.7. The maximum atomic E-state index is 15.6. The summed E-state index contributed by atoms with van der Waals surface area (Å²) in [5.41, 5.74) is 0.451. The van der Waals surface area contributed by atoms with Gasteiger partial charge in [-0.25, -0.2) is 22.6 Å². The molecule has 1 aromatic carbocycles. The summed E-state index contributed by atoms with van der Waals surface area (Å²) in [6, 6.07) is 9.16. The lowest BCUT2D eigenvalue weighted by Crippen LogP contribution is -2.48. The lowest BCUT2D eigenvalue weighted by molar-refractivity contribution is 0.117. The minimum Gasteiger partial charge on any atom is -0.325 e. The molecule has 1 unspecified atom stereocenters. The highest BCUT2D eigenvalue weighted by molar-refractivity contribution is 7.92. The number of halogens is 2. The molecule has 30 heavy (non-hydrogen) atoms. The van der Waals surface area contributed by atoms with Crippen molar-refractivity contribution in [3.05, 3.63) is 54.1 Å². The summed E-state index contributed by atoms with van der Waals surface area (Å²) in [7, 11) is -4.34. The summed E-state index contributed by atoms with van der Waals surface area (Å²) < 4.78 is 54.2. The lowest BCUT2D eigenvalue weighted by Gasteiger charge is -2.37. The van der Waals surface area contributed by atoms with Crippen molar-refractivity contribution < 1.29 is 22.0 Å². The minimum atomic E-state index is -4.34. The molecule has 0 bridgehead atoms. The van der Waals surface area contributed by atoms with Gasteiger partial charge in [0.1, 0.15) is 0 Å². The molecule has 0 radical (unpaired) electrons. The maximum Gasteiger partial charge on any atom is 0.321 e. The van der Waals surface area contributed by atoms with Crippen LogP contribution in [0.1, 0.15) is 25.3 Å². The molecular weight excluding hydrogens is 414 g/mol. The number of benzene rings is 1. The molecule has 0 aliphatic carbocycles. The van der Waals surface area contributed by atoms with E-state index >= 15 is 4.39 Å². The Kier molecular flexibility index (Phi) is 6.03. The van der Waals surface area contributed by atoms with Crippen LogP contribution in [-0.4, -0.2) is 42.4 Å². The number of urea groups is 1. The number of nitriles is 1. The van der Waals surface area contributed by atoms with Crippen LogP contribution in [-0.2, 0) is 9.84 Å². The Balaban J connectivity index is 1.67. The number of rotatable bonds is 4. The van der Waals surface area contributed by atoms with Crippen molar-refractivity contribution in [2.45, 2.75) is 29.7 Å². The number of likely N-dealkylation sites (tertiary alicyclic amines) is 1. The first-order chi connectivity index (χ1) is 14.1. The summed E-state index contributed by atoms with van der Waals surface area (Å²) in [5.74, 6) is -1.48. The van der Waals surface area contributed by atoms with Gasteiger partial charge in [-0.1, -0.05) is 6.07 Å². The second-order valence-electron chi connectivity index (χ2n) is 7.19. The van der Waals surface area contributed by atoms with Gasteiger partial charge in [-0.15, -0.1) is 0 Å². The van der Waals surface area contributed by atoms with E-state index in [1.165, 1.54) is 35.4 Å². The Morgan fingerprint density at radius 3 is 2.60 bits per heavy atom. The SMILES string of the molecule is CC(F)(C1CCN(C(=O)Nc2ccc(F)nc2)CC1)S(=O)(=O)c1cccc(C#N)c1. The number of hydrogen-bond acceptors (Lipinski definition) is 5.